The van der Waals surface area contributed by atoms with E-state index in [1.54, 1.807) is 36.4 Å². The van der Waals surface area contributed by atoms with Gasteiger partial charge >= 0.3 is 5.97 Å². The van der Waals surface area contributed by atoms with Crippen LogP contribution in [0.2, 0.25) is 0 Å². The predicted octanol–water partition coefficient (Wildman–Crippen LogP) is 3.11. The molecule has 0 bridgehead atoms. The van der Waals surface area contributed by atoms with E-state index in [-0.39, 0.29) is 18.0 Å². The lowest BCUT2D eigenvalue weighted by molar-refractivity contribution is -0.136. The second-order valence-corrected chi connectivity index (χ2v) is 5.16. The summed E-state index contributed by atoms with van der Waals surface area (Å²) < 4.78 is 0.578. The zero-order chi connectivity index (χ0) is 15.2. The van der Waals surface area contributed by atoms with Gasteiger partial charge in [-0.3, -0.25) is 9.59 Å². The lowest BCUT2D eigenvalue weighted by Crippen LogP contribution is -2.15. The number of carbonyl (C=O) groups is 2. The maximum Gasteiger partial charge on any atom is 0.303 e. The summed E-state index contributed by atoms with van der Waals surface area (Å²) in [4.78, 5) is 26.9. The number of hydrogen-bond acceptors (Lipinski definition) is 3. The van der Waals surface area contributed by atoms with E-state index in [1.165, 1.54) is 0 Å². The molecular formula is C15H13BrN2O3. The molecule has 1 aromatic heterocycles. The smallest absolute Gasteiger partial charge is 0.303 e. The SMILES string of the molecule is O=C(O)CCc1ccccc1NC(=O)c1cccc(Br)n1. The molecule has 5 nitrogen and oxygen atoms in total. The Labute approximate surface area is 130 Å². The van der Waals surface area contributed by atoms with Crippen molar-refractivity contribution in [2.45, 2.75) is 12.8 Å². The number of halogens is 1. The lowest BCUT2D eigenvalue weighted by atomic mass is 10.1. The molecule has 6 heteroatoms. The fourth-order valence-corrected chi connectivity index (χ4v) is 2.17. The number of nitrogens with zero attached hydrogens (tertiary/aromatic N) is 1. The molecule has 108 valence electrons. The summed E-state index contributed by atoms with van der Waals surface area (Å²) in [6, 6.07) is 12.2. The molecule has 1 amide bonds. The van der Waals surface area contributed by atoms with E-state index in [9.17, 15) is 9.59 Å². The zero-order valence-corrected chi connectivity index (χ0v) is 12.6. The number of benzene rings is 1. The van der Waals surface area contributed by atoms with Crippen LogP contribution in [0.25, 0.3) is 0 Å². The summed E-state index contributed by atoms with van der Waals surface area (Å²) in [5.74, 6) is -1.20. The fourth-order valence-electron chi connectivity index (χ4n) is 1.82. The predicted molar refractivity (Wildman–Crippen MR) is 82.3 cm³/mol. The van der Waals surface area contributed by atoms with Gasteiger partial charge in [0.1, 0.15) is 10.3 Å². The number of hydrogen-bond donors (Lipinski definition) is 2. The van der Waals surface area contributed by atoms with Crippen molar-refractivity contribution in [1.29, 1.82) is 0 Å². The summed E-state index contributed by atoms with van der Waals surface area (Å²) in [7, 11) is 0. The summed E-state index contributed by atoms with van der Waals surface area (Å²) in [5, 5.41) is 11.5. The van der Waals surface area contributed by atoms with Crippen LogP contribution in [0.5, 0.6) is 0 Å². The van der Waals surface area contributed by atoms with Crippen molar-refractivity contribution in [3.63, 3.8) is 0 Å². The molecule has 0 unspecified atom stereocenters. The molecular weight excluding hydrogens is 336 g/mol. The van der Waals surface area contributed by atoms with E-state index < -0.39 is 5.97 Å². The van der Waals surface area contributed by atoms with Crippen molar-refractivity contribution in [2.75, 3.05) is 5.32 Å². The molecule has 2 rings (SSSR count). The van der Waals surface area contributed by atoms with Crippen LogP contribution in [0.15, 0.2) is 47.1 Å². The quantitative estimate of drug-likeness (QED) is 0.813. The average Bonchev–Trinajstić information content (AvgIpc) is 2.46. The first-order valence-electron chi connectivity index (χ1n) is 6.30. The molecule has 0 aliphatic heterocycles. The third-order valence-corrected chi connectivity index (χ3v) is 3.26. The fraction of sp³-hybridized carbons (Fsp3) is 0.133. The Morgan fingerprint density at radius 3 is 2.62 bits per heavy atom. The number of amides is 1. The number of para-hydroxylation sites is 1. The van der Waals surface area contributed by atoms with E-state index in [0.29, 0.717) is 16.7 Å². The maximum atomic E-state index is 12.1. The molecule has 0 atom stereocenters. The number of anilines is 1. The molecule has 0 aliphatic rings. The van der Waals surface area contributed by atoms with Gasteiger partial charge in [-0.25, -0.2) is 4.98 Å². The summed E-state index contributed by atoms with van der Waals surface area (Å²) in [6.07, 6.45) is 0.375. The maximum absolute atomic E-state index is 12.1. The van der Waals surface area contributed by atoms with Crippen molar-refractivity contribution in [1.82, 2.24) is 4.98 Å². The van der Waals surface area contributed by atoms with Crippen molar-refractivity contribution in [3.05, 3.63) is 58.3 Å². The largest absolute Gasteiger partial charge is 0.481 e. The highest BCUT2D eigenvalue weighted by molar-refractivity contribution is 9.10. The van der Waals surface area contributed by atoms with Gasteiger partial charge in [0, 0.05) is 12.1 Å². The topological polar surface area (TPSA) is 79.3 Å². The van der Waals surface area contributed by atoms with Gasteiger partial charge < -0.3 is 10.4 Å². The van der Waals surface area contributed by atoms with E-state index >= 15 is 0 Å². The van der Waals surface area contributed by atoms with Gasteiger partial charge in [0.25, 0.3) is 5.91 Å². The minimum absolute atomic E-state index is 0.0159. The molecule has 0 saturated heterocycles. The number of aromatic nitrogens is 1. The Hall–Kier alpha value is -2.21. The Morgan fingerprint density at radius 2 is 1.90 bits per heavy atom. The Bertz CT molecular complexity index is 673. The summed E-state index contributed by atoms with van der Waals surface area (Å²) >= 11 is 3.21. The molecule has 0 aliphatic carbocycles. The van der Waals surface area contributed by atoms with Crippen molar-refractivity contribution in [2.24, 2.45) is 0 Å². The van der Waals surface area contributed by atoms with Crippen LogP contribution in [0.3, 0.4) is 0 Å². The highest BCUT2D eigenvalue weighted by Crippen LogP contribution is 2.18. The van der Waals surface area contributed by atoms with Crippen LogP contribution >= 0.6 is 15.9 Å². The van der Waals surface area contributed by atoms with Crippen LogP contribution in [-0.4, -0.2) is 22.0 Å². The van der Waals surface area contributed by atoms with Crippen LogP contribution in [0.1, 0.15) is 22.5 Å². The third kappa shape index (κ3) is 4.39. The minimum Gasteiger partial charge on any atom is -0.481 e. The number of nitrogens with one attached hydrogen (secondary N) is 1. The molecule has 2 aromatic rings. The van der Waals surface area contributed by atoms with Crippen LogP contribution in [-0.2, 0) is 11.2 Å². The molecule has 0 spiro atoms. The Morgan fingerprint density at radius 1 is 1.14 bits per heavy atom. The zero-order valence-electron chi connectivity index (χ0n) is 11.0. The number of aryl methyl sites for hydroxylation is 1. The second kappa shape index (κ2) is 6.99. The van der Waals surface area contributed by atoms with Gasteiger partial charge in [-0.2, -0.15) is 0 Å². The number of rotatable bonds is 5. The molecule has 0 radical (unpaired) electrons. The number of aliphatic carboxylic acids is 1. The van der Waals surface area contributed by atoms with Crippen LogP contribution in [0.4, 0.5) is 5.69 Å². The molecule has 0 fully saturated rings. The number of carboxylic acid groups (broad SMARTS) is 1. The Kier molecular flexibility index (Phi) is 5.05. The average molecular weight is 349 g/mol. The first-order valence-corrected chi connectivity index (χ1v) is 7.09. The molecule has 21 heavy (non-hydrogen) atoms. The highest BCUT2D eigenvalue weighted by atomic mass is 79.9. The number of pyridine rings is 1. The van der Waals surface area contributed by atoms with E-state index in [4.69, 9.17) is 5.11 Å². The van der Waals surface area contributed by atoms with Gasteiger partial charge in [0.05, 0.1) is 0 Å². The number of carbonyl (C=O) groups excluding carboxylic acids is 1. The monoisotopic (exact) mass is 348 g/mol. The summed E-state index contributed by atoms with van der Waals surface area (Å²) in [5.41, 5.74) is 1.67. The van der Waals surface area contributed by atoms with Gasteiger partial charge in [-0.05, 0) is 46.1 Å². The molecule has 2 N–H and O–H groups in total. The molecule has 0 saturated carbocycles. The first kappa shape index (κ1) is 15.2. The minimum atomic E-state index is -0.871. The van der Waals surface area contributed by atoms with Crippen molar-refractivity contribution < 1.29 is 14.7 Å². The van der Waals surface area contributed by atoms with Gasteiger partial charge in [0.15, 0.2) is 0 Å². The van der Waals surface area contributed by atoms with E-state index in [2.05, 4.69) is 26.2 Å². The summed E-state index contributed by atoms with van der Waals surface area (Å²) in [6.45, 7) is 0. The number of carboxylic acids is 1. The molecule has 1 aromatic carbocycles. The normalized spacial score (nSPS) is 10.1. The van der Waals surface area contributed by atoms with Gasteiger partial charge in [0.2, 0.25) is 0 Å². The second-order valence-electron chi connectivity index (χ2n) is 4.35. The highest BCUT2D eigenvalue weighted by Gasteiger charge is 2.11. The van der Waals surface area contributed by atoms with E-state index in [0.717, 1.165) is 5.56 Å². The standard InChI is InChI=1S/C15H13BrN2O3/c16-13-7-3-6-12(17-13)15(21)18-11-5-2-1-4-10(11)8-9-14(19)20/h1-7H,8-9H2,(H,18,21)(H,19,20). The van der Waals surface area contributed by atoms with Crippen LogP contribution in [0, 0.1) is 0 Å². The Balaban J connectivity index is 2.15. The van der Waals surface area contributed by atoms with Gasteiger partial charge in [-0.15, -0.1) is 0 Å². The van der Waals surface area contributed by atoms with Gasteiger partial charge in [-0.1, -0.05) is 24.3 Å². The third-order valence-electron chi connectivity index (χ3n) is 2.82. The van der Waals surface area contributed by atoms with Crippen molar-refractivity contribution >= 4 is 33.5 Å². The van der Waals surface area contributed by atoms with Crippen molar-refractivity contribution in [3.8, 4) is 0 Å². The first-order chi connectivity index (χ1) is 10.1. The van der Waals surface area contributed by atoms with Crippen LogP contribution < -0.4 is 5.32 Å². The molecule has 1 heterocycles. The lowest BCUT2D eigenvalue weighted by Gasteiger charge is -2.10. The van der Waals surface area contributed by atoms with E-state index in [1.807, 2.05) is 6.07 Å².